The molecule has 1 aliphatic heterocycles. The first-order valence-corrected chi connectivity index (χ1v) is 8.07. The zero-order valence-electron chi connectivity index (χ0n) is 14.2. The molecular weight excluding hydrogens is 276 g/mol. The average molecular weight is 304 g/mol. The standard InChI is InChI=1S/C18H28N2O2/c1-14-13-15(18(2,3)4)5-6-16(14)17(21)19-7-8-20-9-11-22-12-10-20/h5-6,13H,7-12H2,1-4H3,(H,19,21). The van der Waals surface area contributed by atoms with Crippen LogP contribution in [0.1, 0.15) is 42.3 Å². The SMILES string of the molecule is Cc1cc(C(C)(C)C)ccc1C(=O)NCCN1CCOCC1. The number of ether oxygens (including phenoxy) is 1. The van der Waals surface area contributed by atoms with Gasteiger partial charge in [0.05, 0.1) is 13.2 Å². The first kappa shape index (κ1) is 17.0. The summed E-state index contributed by atoms with van der Waals surface area (Å²) in [6, 6.07) is 6.13. The number of amides is 1. The number of carbonyl (C=O) groups excluding carboxylic acids is 1. The van der Waals surface area contributed by atoms with E-state index in [0.29, 0.717) is 6.54 Å². The Hall–Kier alpha value is -1.39. The molecule has 0 aliphatic carbocycles. The average Bonchev–Trinajstić information content (AvgIpc) is 2.47. The summed E-state index contributed by atoms with van der Waals surface area (Å²) in [6.45, 7) is 13.6. The van der Waals surface area contributed by atoms with Gasteiger partial charge in [-0.05, 0) is 29.5 Å². The van der Waals surface area contributed by atoms with Gasteiger partial charge in [0.25, 0.3) is 5.91 Å². The van der Waals surface area contributed by atoms with E-state index in [9.17, 15) is 4.79 Å². The maximum absolute atomic E-state index is 12.3. The van der Waals surface area contributed by atoms with Crippen molar-refractivity contribution in [2.24, 2.45) is 0 Å². The number of nitrogens with zero attached hydrogens (tertiary/aromatic N) is 1. The fourth-order valence-corrected chi connectivity index (χ4v) is 2.63. The molecule has 2 rings (SSSR count). The van der Waals surface area contributed by atoms with Crippen molar-refractivity contribution in [2.75, 3.05) is 39.4 Å². The summed E-state index contributed by atoms with van der Waals surface area (Å²) in [4.78, 5) is 14.6. The number of aryl methyl sites for hydroxylation is 1. The number of nitrogens with one attached hydrogen (secondary N) is 1. The molecule has 0 bridgehead atoms. The Morgan fingerprint density at radius 1 is 1.27 bits per heavy atom. The van der Waals surface area contributed by atoms with Crippen LogP contribution in [0.15, 0.2) is 18.2 Å². The Kier molecular flexibility index (Phi) is 5.59. The minimum atomic E-state index is 0.0196. The summed E-state index contributed by atoms with van der Waals surface area (Å²) in [6.07, 6.45) is 0. The van der Waals surface area contributed by atoms with Crippen molar-refractivity contribution in [3.05, 3.63) is 34.9 Å². The molecule has 22 heavy (non-hydrogen) atoms. The summed E-state index contributed by atoms with van der Waals surface area (Å²) in [5.74, 6) is 0.0196. The number of rotatable bonds is 4. The van der Waals surface area contributed by atoms with E-state index in [-0.39, 0.29) is 11.3 Å². The van der Waals surface area contributed by atoms with Crippen LogP contribution in [0.2, 0.25) is 0 Å². The van der Waals surface area contributed by atoms with Crippen molar-refractivity contribution in [2.45, 2.75) is 33.1 Å². The highest BCUT2D eigenvalue weighted by Gasteiger charge is 2.17. The molecule has 4 nitrogen and oxygen atoms in total. The lowest BCUT2D eigenvalue weighted by atomic mass is 9.85. The van der Waals surface area contributed by atoms with Gasteiger partial charge >= 0.3 is 0 Å². The van der Waals surface area contributed by atoms with Gasteiger partial charge in [-0.1, -0.05) is 32.9 Å². The quantitative estimate of drug-likeness (QED) is 0.928. The molecule has 4 heteroatoms. The topological polar surface area (TPSA) is 41.6 Å². The molecule has 1 saturated heterocycles. The Labute approximate surface area is 133 Å². The fourth-order valence-electron chi connectivity index (χ4n) is 2.63. The Balaban J connectivity index is 1.89. The summed E-state index contributed by atoms with van der Waals surface area (Å²) in [5, 5.41) is 3.02. The van der Waals surface area contributed by atoms with E-state index in [1.165, 1.54) is 5.56 Å². The van der Waals surface area contributed by atoms with Crippen LogP contribution >= 0.6 is 0 Å². The Morgan fingerprint density at radius 2 is 1.95 bits per heavy atom. The molecule has 1 fully saturated rings. The summed E-state index contributed by atoms with van der Waals surface area (Å²) in [7, 11) is 0. The van der Waals surface area contributed by atoms with Crippen molar-refractivity contribution in [1.82, 2.24) is 10.2 Å². The van der Waals surface area contributed by atoms with Gasteiger partial charge < -0.3 is 10.1 Å². The lowest BCUT2D eigenvalue weighted by Gasteiger charge is -2.26. The van der Waals surface area contributed by atoms with Gasteiger partial charge in [-0.25, -0.2) is 0 Å². The van der Waals surface area contributed by atoms with Crippen molar-refractivity contribution in [1.29, 1.82) is 0 Å². The van der Waals surface area contributed by atoms with Crippen LogP contribution in [0.3, 0.4) is 0 Å². The summed E-state index contributed by atoms with van der Waals surface area (Å²) >= 11 is 0. The van der Waals surface area contributed by atoms with Gasteiger partial charge in [0.1, 0.15) is 0 Å². The molecule has 122 valence electrons. The van der Waals surface area contributed by atoms with E-state index in [0.717, 1.165) is 44.0 Å². The van der Waals surface area contributed by atoms with E-state index in [4.69, 9.17) is 4.74 Å². The van der Waals surface area contributed by atoms with Gasteiger partial charge in [0.2, 0.25) is 0 Å². The number of morpholine rings is 1. The van der Waals surface area contributed by atoms with Crippen LogP contribution in [0, 0.1) is 6.92 Å². The molecular formula is C18H28N2O2. The van der Waals surface area contributed by atoms with Gasteiger partial charge in [-0.15, -0.1) is 0 Å². The number of hydrogen-bond donors (Lipinski definition) is 1. The lowest BCUT2D eigenvalue weighted by molar-refractivity contribution is 0.0383. The summed E-state index contributed by atoms with van der Waals surface area (Å²) < 4.78 is 5.32. The number of benzene rings is 1. The van der Waals surface area contributed by atoms with Crippen LogP contribution in [0.4, 0.5) is 0 Å². The first-order chi connectivity index (χ1) is 10.4. The fraction of sp³-hybridized carbons (Fsp3) is 0.611. The molecule has 0 unspecified atom stereocenters. The minimum absolute atomic E-state index is 0.0196. The van der Waals surface area contributed by atoms with Crippen molar-refractivity contribution < 1.29 is 9.53 Å². The second kappa shape index (κ2) is 7.25. The Bertz CT molecular complexity index is 514. The van der Waals surface area contributed by atoms with E-state index >= 15 is 0 Å². The minimum Gasteiger partial charge on any atom is -0.379 e. The second-order valence-corrected chi connectivity index (χ2v) is 6.99. The molecule has 0 radical (unpaired) electrons. The zero-order valence-corrected chi connectivity index (χ0v) is 14.2. The third-order valence-electron chi connectivity index (χ3n) is 4.15. The first-order valence-electron chi connectivity index (χ1n) is 8.07. The molecule has 1 heterocycles. The van der Waals surface area contributed by atoms with Crippen LogP contribution < -0.4 is 5.32 Å². The molecule has 0 aromatic heterocycles. The van der Waals surface area contributed by atoms with Gasteiger partial charge in [0.15, 0.2) is 0 Å². The molecule has 0 atom stereocenters. The highest BCUT2D eigenvalue weighted by molar-refractivity contribution is 5.95. The highest BCUT2D eigenvalue weighted by atomic mass is 16.5. The third-order valence-corrected chi connectivity index (χ3v) is 4.15. The second-order valence-electron chi connectivity index (χ2n) is 6.99. The number of hydrogen-bond acceptors (Lipinski definition) is 3. The predicted octanol–water partition coefficient (Wildman–Crippen LogP) is 2.35. The highest BCUT2D eigenvalue weighted by Crippen LogP contribution is 2.24. The zero-order chi connectivity index (χ0) is 16.2. The smallest absolute Gasteiger partial charge is 0.251 e. The van der Waals surface area contributed by atoms with Crippen molar-refractivity contribution in [3.63, 3.8) is 0 Å². The Morgan fingerprint density at radius 3 is 2.55 bits per heavy atom. The lowest BCUT2D eigenvalue weighted by Crippen LogP contribution is -2.41. The predicted molar refractivity (Wildman–Crippen MR) is 89.5 cm³/mol. The molecule has 0 saturated carbocycles. The molecule has 1 aliphatic rings. The van der Waals surface area contributed by atoms with Crippen LogP contribution in [0.25, 0.3) is 0 Å². The maximum atomic E-state index is 12.3. The maximum Gasteiger partial charge on any atom is 0.251 e. The van der Waals surface area contributed by atoms with E-state index in [2.05, 4.69) is 43.1 Å². The van der Waals surface area contributed by atoms with Crippen LogP contribution in [-0.4, -0.2) is 50.2 Å². The molecule has 1 aromatic carbocycles. The van der Waals surface area contributed by atoms with E-state index < -0.39 is 0 Å². The van der Waals surface area contributed by atoms with Crippen LogP contribution in [0.5, 0.6) is 0 Å². The molecule has 1 N–H and O–H groups in total. The molecule has 1 amide bonds. The van der Waals surface area contributed by atoms with E-state index in [1.807, 2.05) is 13.0 Å². The summed E-state index contributed by atoms with van der Waals surface area (Å²) in [5.41, 5.74) is 3.18. The molecule has 0 spiro atoms. The van der Waals surface area contributed by atoms with Crippen molar-refractivity contribution in [3.8, 4) is 0 Å². The van der Waals surface area contributed by atoms with Crippen molar-refractivity contribution >= 4 is 5.91 Å². The molecule has 1 aromatic rings. The van der Waals surface area contributed by atoms with Gasteiger partial charge in [-0.2, -0.15) is 0 Å². The number of carbonyl (C=O) groups is 1. The third kappa shape index (κ3) is 4.55. The monoisotopic (exact) mass is 304 g/mol. The normalized spacial score (nSPS) is 16.5. The largest absolute Gasteiger partial charge is 0.379 e. The van der Waals surface area contributed by atoms with Gasteiger partial charge in [-0.3, -0.25) is 9.69 Å². The van der Waals surface area contributed by atoms with Crippen LogP contribution in [-0.2, 0) is 10.2 Å². The van der Waals surface area contributed by atoms with E-state index in [1.54, 1.807) is 0 Å². The van der Waals surface area contributed by atoms with Gasteiger partial charge in [0, 0.05) is 31.7 Å².